The molecule has 0 fully saturated rings. The lowest BCUT2D eigenvalue weighted by Gasteiger charge is -2.23. The highest BCUT2D eigenvalue weighted by Gasteiger charge is 2.19. The van der Waals surface area contributed by atoms with Crippen LogP contribution in [0.4, 0.5) is 0 Å². The predicted octanol–water partition coefficient (Wildman–Crippen LogP) is 3.96. The van der Waals surface area contributed by atoms with E-state index in [-0.39, 0.29) is 6.23 Å². The third-order valence-corrected chi connectivity index (χ3v) is 3.92. The van der Waals surface area contributed by atoms with Gasteiger partial charge in [0.25, 0.3) is 0 Å². The van der Waals surface area contributed by atoms with E-state index in [2.05, 4.69) is 11.9 Å². The number of amidine groups is 1. The van der Waals surface area contributed by atoms with Gasteiger partial charge in [-0.05, 0) is 13.3 Å². The summed E-state index contributed by atoms with van der Waals surface area (Å²) in [7, 11) is 0. The van der Waals surface area contributed by atoms with Gasteiger partial charge in [-0.1, -0.05) is 58.3 Å². The van der Waals surface area contributed by atoms with E-state index >= 15 is 0 Å². The van der Waals surface area contributed by atoms with Gasteiger partial charge in [0, 0.05) is 13.0 Å². The molecule has 1 N–H and O–H groups in total. The van der Waals surface area contributed by atoms with Gasteiger partial charge in [-0.15, -0.1) is 0 Å². The number of rotatable bonds is 11. The molecule has 0 aliphatic carbocycles. The number of hydrogen-bond donors (Lipinski definition) is 1. The van der Waals surface area contributed by atoms with Crippen molar-refractivity contribution in [1.82, 2.24) is 4.90 Å². The smallest absolute Gasteiger partial charge is 0.125 e. The topological polar surface area (TPSA) is 35.8 Å². The minimum Gasteiger partial charge on any atom is -0.374 e. The molecule has 19 heavy (non-hydrogen) atoms. The second kappa shape index (κ2) is 10.2. The Morgan fingerprint density at radius 2 is 1.63 bits per heavy atom. The normalized spacial score (nSPS) is 16.8. The molecule has 0 radical (unpaired) electrons. The Kier molecular flexibility index (Phi) is 8.89. The van der Waals surface area contributed by atoms with Crippen LogP contribution in [0.5, 0.6) is 0 Å². The zero-order valence-corrected chi connectivity index (χ0v) is 12.9. The van der Waals surface area contributed by atoms with E-state index in [0.29, 0.717) is 0 Å². The van der Waals surface area contributed by atoms with Gasteiger partial charge in [0.15, 0.2) is 0 Å². The lowest BCUT2D eigenvalue weighted by atomic mass is 10.1. The van der Waals surface area contributed by atoms with Crippen LogP contribution >= 0.6 is 0 Å². The Labute approximate surface area is 119 Å². The lowest BCUT2D eigenvalue weighted by molar-refractivity contribution is 0.0766. The lowest BCUT2D eigenvalue weighted by Crippen LogP contribution is -2.35. The minimum atomic E-state index is -0.375. The summed E-state index contributed by atoms with van der Waals surface area (Å²) < 4.78 is 0. The highest BCUT2D eigenvalue weighted by atomic mass is 16.3. The number of aliphatic hydroxyl groups excluding tert-OH is 1. The van der Waals surface area contributed by atoms with Crippen LogP contribution in [-0.2, 0) is 0 Å². The van der Waals surface area contributed by atoms with Crippen molar-refractivity contribution >= 4 is 5.84 Å². The average Bonchev–Trinajstić information content (AvgIpc) is 2.85. The predicted molar refractivity (Wildman–Crippen MR) is 82.5 cm³/mol. The van der Waals surface area contributed by atoms with Crippen LogP contribution in [0, 0.1) is 0 Å². The summed E-state index contributed by atoms with van der Waals surface area (Å²) in [4.78, 5) is 6.52. The summed E-state index contributed by atoms with van der Waals surface area (Å²) in [6.07, 6.45) is 12.9. The number of hydrogen-bond acceptors (Lipinski definition) is 3. The molecule has 0 saturated carbocycles. The third kappa shape index (κ3) is 6.95. The molecule has 0 spiro atoms. The van der Waals surface area contributed by atoms with Crippen molar-refractivity contribution in [2.75, 3.05) is 13.1 Å². The standard InChI is InChI=1S/C16H32N2O/c1-3-4-5-6-7-8-9-10-11-12-16-17-13-14-18(16)15(2)19/h15,19H,3-14H2,1-2H3. The first kappa shape index (κ1) is 16.5. The van der Waals surface area contributed by atoms with E-state index in [1.54, 1.807) is 0 Å². The van der Waals surface area contributed by atoms with Crippen LogP contribution in [-0.4, -0.2) is 35.2 Å². The molecule has 1 rings (SSSR count). The Morgan fingerprint density at radius 1 is 1.05 bits per heavy atom. The van der Waals surface area contributed by atoms with Gasteiger partial charge < -0.3 is 10.0 Å². The molecular weight excluding hydrogens is 236 g/mol. The van der Waals surface area contributed by atoms with E-state index in [1.807, 2.05) is 11.8 Å². The maximum absolute atomic E-state index is 9.61. The second-order valence-electron chi connectivity index (χ2n) is 5.70. The number of nitrogens with zero attached hydrogens (tertiary/aromatic N) is 2. The van der Waals surface area contributed by atoms with Gasteiger partial charge in [0.1, 0.15) is 12.1 Å². The van der Waals surface area contributed by atoms with Crippen molar-refractivity contribution in [2.24, 2.45) is 4.99 Å². The van der Waals surface area contributed by atoms with Gasteiger partial charge in [-0.2, -0.15) is 0 Å². The maximum Gasteiger partial charge on any atom is 0.125 e. The minimum absolute atomic E-state index is 0.375. The Bertz CT molecular complexity index is 251. The average molecular weight is 268 g/mol. The molecule has 112 valence electrons. The number of aliphatic hydroxyl groups is 1. The van der Waals surface area contributed by atoms with E-state index in [0.717, 1.165) is 25.3 Å². The monoisotopic (exact) mass is 268 g/mol. The van der Waals surface area contributed by atoms with Crippen molar-refractivity contribution in [1.29, 1.82) is 0 Å². The fourth-order valence-electron chi connectivity index (χ4n) is 2.73. The molecule has 0 amide bonds. The van der Waals surface area contributed by atoms with E-state index in [4.69, 9.17) is 0 Å². The first-order valence-corrected chi connectivity index (χ1v) is 8.23. The van der Waals surface area contributed by atoms with E-state index in [9.17, 15) is 5.11 Å². The Balaban J connectivity index is 1.93. The molecule has 1 heterocycles. The van der Waals surface area contributed by atoms with Crippen molar-refractivity contribution in [3.8, 4) is 0 Å². The summed E-state index contributed by atoms with van der Waals surface area (Å²) in [6, 6.07) is 0. The van der Waals surface area contributed by atoms with Gasteiger partial charge >= 0.3 is 0 Å². The van der Waals surface area contributed by atoms with Crippen molar-refractivity contribution in [2.45, 2.75) is 84.3 Å². The van der Waals surface area contributed by atoms with Crippen molar-refractivity contribution in [3.05, 3.63) is 0 Å². The summed E-state index contributed by atoms with van der Waals surface area (Å²) in [5.74, 6) is 1.12. The molecule has 1 unspecified atom stereocenters. The highest BCUT2D eigenvalue weighted by Crippen LogP contribution is 2.14. The van der Waals surface area contributed by atoms with Gasteiger partial charge in [0.2, 0.25) is 0 Å². The van der Waals surface area contributed by atoms with Crippen molar-refractivity contribution in [3.63, 3.8) is 0 Å². The first-order chi connectivity index (χ1) is 9.25. The number of unbranched alkanes of at least 4 members (excludes halogenated alkanes) is 8. The third-order valence-electron chi connectivity index (χ3n) is 3.92. The molecule has 0 aromatic carbocycles. The van der Waals surface area contributed by atoms with Crippen LogP contribution in [0.25, 0.3) is 0 Å². The molecule has 1 aliphatic heterocycles. The van der Waals surface area contributed by atoms with Crippen LogP contribution in [0.15, 0.2) is 4.99 Å². The molecular formula is C16H32N2O. The van der Waals surface area contributed by atoms with Gasteiger partial charge in [-0.25, -0.2) is 0 Å². The highest BCUT2D eigenvalue weighted by molar-refractivity contribution is 5.83. The largest absolute Gasteiger partial charge is 0.374 e. The van der Waals surface area contributed by atoms with Crippen LogP contribution in [0.3, 0.4) is 0 Å². The fourth-order valence-corrected chi connectivity index (χ4v) is 2.73. The van der Waals surface area contributed by atoms with Gasteiger partial charge in [-0.3, -0.25) is 4.99 Å². The molecule has 0 aromatic heterocycles. The molecule has 3 nitrogen and oxygen atoms in total. The zero-order valence-electron chi connectivity index (χ0n) is 12.9. The maximum atomic E-state index is 9.61. The molecule has 0 saturated heterocycles. The fraction of sp³-hybridized carbons (Fsp3) is 0.938. The van der Waals surface area contributed by atoms with Crippen molar-refractivity contribution < 1.29 is 5.11 Å². The van der Waals surface area contributed by atoms with E-state index < -0.39 is 0 Å². The van der Waals surface area contributed by atoms with Crippen LogP contribution < -0.4 is 0 Å². The SMILES string of the molecule is CCCCCCCCCCCC1=NCCN1C(C)O. The molecule has 1 atom stereocenters. The van der Waals surface area contributed by atoms with E-state index in [1.165, 1.54) is 57.8 Å². The Morgan fingerprint density at radius 3 is 2.21 bits per heavy atom. The summed E-state index contributed by atoms with van der Waals surface area (Å²) in [5.41, 5.74) is 0. The van der Waals surface area contributed by atoms with Gasteiger partial charge in [0.05, 0.1) is 6.54 Å². The first-order valence-electron chi connectivity index (χ1n) is 8.23. The number of aliphatic imine (C=N–C) groups is 1. The summed E-state index contributed by atoms with van der Waals surface area (Å²) in [6.45, 7) is 5.85. The zero-order chi connectivity index (χ0) is 13.9. The molecule has 3 heteroatoms. The molecule has 0 bridgehead atoms. The summed E-state index contributed by atoms with van der Waals surface area (Å²) in [5, 5.41) is 9.61. The van der Waals surface area contributed by atoms with Crippen LogP contribution in [0.1, 0.15) is 78.1 Å². The van der Waals surface area contributed by atoms with Crippen LogP contribution in [0.2, 0.25) is 0 Å². The quantitative estimate of drug-likeness (QED) is 0.576. The summed E-state index contributed by atoms with van der Waals surface area (Å²) >= 11 is 0. The second-order valence-corrected chi connectivity index (χ2v) is 5.70. The molecule has 1 aliphatic rings. The molecule has 0 aromatic rings. The Hall–Kier alpha value is -0.570.